The van der Waals surface area contributed by atoms with Crippen LogP contribution in [0.1, 0.15) is 20.8 Å². The Bertz CT molecular complexity index is 167. The van der Waals surface area contributed by atoms with Crippen LogP contribution in [0.2, 0.25) is 0 Å². The van der Waals surface area contributed by atoms with E-state index >= 15 is 0 Å². The minimum Gasteiger partial charge on any atom is -0.299 e. The Kier molecular flexibility index (Phi) is 3.66. The zero-order valence-corrected chi connectivity index (χ0v) is 10.1. The first kappa shape index (κ1) is 11.3. The fourth-order valence-electron chi connectivity index (χ4n) is 1.79. The van der Waals surface area contributed by atoms with Crippen molar-refractivity contribution < 1.29 is 4.84 Å². The topological polar surface area (TPSA) is 12.5 Å². The van der Waals surface area contributed by atoms with Gasteiger partial charge in [0.05, 0.1) is 6.61 Å². The molecule has 0 aliphatic carbocycles. The van der Waals surface area contributed by atoms with Crippen molar-refractivity contribution in [1.29, 1.82) is 0 Å². The van der Waals surface area contributed by atoms with Crippen LogP contribution >= 0.6 is 11.8 Å². The van der Waals surface area contributed by atoms with E-state index in [1.807, 2.05) is 23.9 Å². The first-order chi connectivity index (χ1) is 5.95. The summed E-state index contributed by atoms with van der Waals surface area (Å²) in [5.74, 6) is 0.665. The molecule has 0 amide bonds. The van der Waals surface area contributed by atoms with Crippen molar-refractivity contribution in [3.8, 4) is 0 Å². The molecule has 0 aromatic rings. The summed E-state index contributed by atoms with van der Waals surface area (Å²) in [6.07, 6.45) is 2.20. The summed E-state index contributed by atoms with van der Waals surface area (Å²) < 4.78 is 0. The molecule has 2 nitrogen and oxygen atoms in total. The smallest absolute Gasteiger partial charge is 0.0729 e. The van der Waals surface area contributed by atoms with Gasteiger partial charge in [-0.3, -0.25) is 4.84 Å². The second kappa shape index (κ2) is 4.20. The van der Waals surface area contributed by atoms with Gasteiger partial charge in [-0.1, -0.05) is 20.8 Å². The van der Waals surface area contributed by atoms with Crippen LogP contribution in [0, 0.1) is 11.3 Å². The van der Waals surface area contributed by atoms with Crippen LogP contribution in [0.5, 0.6) is 0 Å². The normalized spacial score (nSPS) is 32.1. The van der Waals surface area contributed by atoms with Crippen LogP contribution in [0.3, 0.4) is 0 Å². The predicted molar refractivity (Wildman–Crippen MR) is 58.8 cm³/mol. The summed E-state index contributed by atoms with van der Waals surface area (Å²) in [6, 6.07) is 0. The molecular weight excluding hydrogens is 182 g/mol. The van der Waals surface area contributed by atoms with Crippen LogP contribution in [0.15, 0.2) is 0 Å². The quantitative estimate of drug-likeness (QED) is 0.648. The lowest BCUT2D eigenvalue weighted by Crippen LogP contribution is -2.46. The summed E-state index contributed by atoms with van der Waals surface area (Å²) in [4.78, 5) is 5.57. The maximum absolute atomic E-state index is 5.57. The van der Waals surface area contributed by atoms with E-state index in [-0.39, 0.29) is 0 Å². The fraction of sp³-hybridized carbons (Fsp3) is 1.00. The summed E-state index contributed by atoms with van der Waals surface area (Å²) in [7, 11) is 2.02. The molecule has 1 fully saturated rings. The maximum atomic E-state index is 5.57. The van der Waals surface area contributed by atoms with Gasteiger partial charge >= 0.3 is 0 Å². The summed E-state index contributed by atoms with van der Waals surface area (Å²) in [5.41, 5.74) is 0.356. The molecule has 78 valence electrons. The molecule has 1 aliphatic heterocycles. The van der Waals surface area contributed by atoms with Crippen molar-refractivity contribution in [3.63, 3.8) is 0 Å². The Morgan fingerprint density at radius 2 is 2.00 bits per heavy atom. The molecule has 1 rings (SSSR count). The fourth-order valence-corrected chi connectivity index (χ4v) is 2.97. The van der Waals surface area contributed by atoms with Gasteiger partial charge in [-0.2, -0.15) is 16.8 Å². The molecule has 2 unspecified atom stereocenters. The lowest BCUT2D eigenvalue weighted by molar-refractivity contribution is -0.189. The monoisotopic (exact) mass is 203 g/mol. The molecule has 13 heavy (non-hydrogen) atoms. The third-order valence-electron chi connectivity index (χ3n) is 2.78. The number of thioether (sulfide) groups is 1. The van der Waals surface area contributed by atoms with E-state index in [1.54, 1.807) is 0 Å². The van der Waals surface area contributed by atoms with E-state index in [1.165, 1.54) is 0 Å². The van der Waals surface area contributed by atoms with Crippen molar-refractivity contribution >= 4 is 11.8 Å². The van der Waals surface area contributed by atoms with E-state index in [0.29, 0.717) is 16.6 Å². The van der Waals surface area contributed by atoms with Gasteiger partial charge in [0.1, 0.15) is 0 Å². The van der Waals surface area contributed by atoms with Crippen molar-refractivity contribution in [2.24, 2.45) is 11.3 Å². The van der Waals surface area contributed by atoms with E-state index in [9.17, 15) is 0 Å². The Morgan fingerprint density at radius 1 is 1.38 bits per heavy atom. The van der Waals surface area contributed by atoms with Gasteiger partial charge in [-0.05, 0) is 11.7 Å². The molecule has 0 saturated carbocycles. The molecule has 0 N–H and O–H groups in total. The Labute approximate surface area is 86.0 Å². The summed E-state index contributed by atoms with van der Waals surface area (Å²) >= 11 is 1.96. The van der Waals surface area contributed by atoms with Crippen LogP contribution in [0.25, 0.3) is 0 Å². The Morgan fingerprint density at radius 3 is 2.46 bits per heavy atom. The van der Waals surface area contributed by atoms with Crippen molar-refractivity contribution in [2.75, 3.05) is 26.5 Å². The number of nitrogens with zero attached hydrogens (tertiary/aromatic N) is 1. The van der Waals surface area contributed by atoms with Gasteiger partial charge in [0, 0.05) is 24.8 Å². The van der Waals surface area contributed by atoms with E-state index in [2.05, 4.69) is 27.0 Å². The molecule has 2 atom stereocenters. The SMILES string of the molecule is CSC1CN(C)OCC1C(C)(C)C. The number of hydrogen-bond donors (Lipinski definition) is 0. The minimum absolute atomic E-state index is 0.356. The van der Waals surface area contributed by atoms with Crippen LogP contribution in [-0.2, 0) is 4.84 Å². The molecule has 0 radical (unpaired) electrons. The van der Waals surface area contributed by atoms with E-state index in [4.69, 9.17) is 4.84 Å². The zero-order valence-electron chi connectivity index (χ0n) is 9.33. The second-order valence-electron chi connectivity index (χ2n) is 4.85. The molecule has 3 heteroatoms. The van der Waals surface area contributed by atoms with Crippen molar-refractivity contribution in [3.05, 3.63) is 0 Å². The van der Waals surface area contributed by atoms with Gasteiger partial charge in [-0.15, -0.1) is 0 Å². The third-order valence-corrected chi connectivity index (χ3v) is 3.86. The maximum Gasteiger partial charge on any atom is 0.0729 e. The number of rotatable bonds is 1. The molecule has 1 aliphatic rings. The third kappa shape index (κ3) is 2.86. The molecule has 1 heterocycles. The van der Waals surface area contributed by atoms with Crippen LogP contribution < -0.4 is 0 Å². The Hall–Kier alpha value is 0.270. The molecule has 0 aromatic heterocycles. The lowest BCUT2D eigenvalue weighted by atomic mass is 9.78. The molecule has 0 bridgehead atoms. The highest BCUT2D eigenvalue weighted by Gasteiger charge is 2.36. The first-order valence-corrected chi connectivity index (χ1v) is 6.11. The second-order valence-corrected chi connectivity index (χ2v) is 5.93. The van der Waals surface area contributed by atoms with Crippen LogP contribution in [-0.4, -0.2) is 36.8 Å². The van der Waals surface area contributed by atoms with Gasteiger partial charge in [-0.25, -0.2) is 0 Å². The Balaban J connectivity index is 2.63. The zero-order chi connectivity index (χ0) is 10.1. The molecule has 1 saturated heterocycles. The predicted octanol–water partition coefficient (Wildman–Crippen LogP) is 2.26. The highest BCUT2D eigenvalue weighted by Crippen LogP contribution is 2.36. The summed E-state index contributed by atoms with van der Waals surface area (Å²) in [6.45, 7) is 8.81. The number of hydrogen-bond acceptors (Lipinski definition) is 3. The highest BCUT2D eigenvalue weighted by atomic mass is 32.2. The van der Waals surface area contributed by atoms with E-state index in [0.717, 1.165) is 13.2 Å². The van der Waals surface area contributed by atoms with Gasteiger partial charge in [0.15, 0.2) is 0 Å². The van der Waals surface area contributed by atoms with Gasteiger partial charge in [0.25, 0.3) is 0 Å². The molecule has 0 aromatic carbocycles. The minimum atomic E-state index is 0.356. The molecular formula is C10H21NOS. The van der Waals surface area contributed by atoms with Crippen molar-refractivity contribution in [1.82, 2.24) is 5.06 Å². The largest absolute Gasteiger partial charge is 0.299 e. The standard InChI is InChI=1S/C10H21NOS/c1-10(2,3)8-7-12-11(4)6-9(8)13-5/h8-9H,6-7H2,1-5H3. The lowest BCUT2D eigenvalue weighted by Gasteiger charge is -2.42. The first-order valence-electron chi connectivity index (χ1n) is 4.82. The van der Waals surface area contributed by atoms with E-state index < -0.39 is 0 Å². The van der Waals surface area contributed by atoms with Crippen LogP contribution in [0.4, 0.5) is 0 Å². The average molecular weight is 203 g/mol. The summed E-state index contributed by atoms with van der Waals surface area (Å²) in [5, 5.41) is 2.67. The van der Waals surface area contributed by atoms with Crippen molar-refractivity contribution in [2.45, 2.75) is 26.0 Å². The average Bonchev–Trinajstić information content (AvgIpc) is 2.01. The number of hydroxylamine groups is 2. The molecule has 0 spiro atoms. The van der Waals surface area contributed by atoms with Gasteiger partial charge in [0.2, 0.25) is 0 Å². The highest BCUT2D eigenvalue weighted by molar-refractivity contribution is 7.99. The van der Waals surface area contributed by atoms with Gasteiger partial charge < -0.3 is 0 Å².